The number of methoxy groups -OCH3 is 1. The highest BCUT2D eigenvalue weighted by molar-refractivity contribution is 7.09. The van der Waals surface area contributed by atoms with E-state index < -0.39 is 0 Å². The molecule has 0 aliphatic rings. The molecule has 0 spiro atoms. The topological polar surface area (TPSA) is 63.2 Å². The van der Waals surface area contributed by atoms with Gasteiger partial charge in [0.2, 0.25) is 0 Å². The van der Waals surface area contributed by atoms with Gasteiger partial charge in [0.05, 0.1) is 24.9 Å². The molecule has 0 aliphatic heterocycles. The quantitative estimate of drug-likeness (QED) is 0.862. The molecule has 2 N–H and O–H groups in total. The van der Waals surface area contributed by atoms with Crippen LogP contribution >= 0.6 is 11.3 Å². The van der Waals surface area contributed by atoms with Crippen molar-refractivity contribution in [3.05, 3.63) is 45.9 Å². The molecule has 0 radical (unpaired) electrons. The lowest BCUT2D eigenvalue weighted by Crippen LogP contribution is -2.36. The van der Waals surface area contributed by atoms with Crippen molar-refractivity contribution in [2.45, 2.75) is 19.9 Å². The summed E-state index contributed by atoms with van der Waals surface area (Å²) >= 11 is 1.55. The molecule has 2 aromatic rings. The van der Waals surface area contributed by atoms with Crippen LogP contribution in [0.4, 0.5) is 4.79 Å². The number of aromatic nitrogens is 1. The van der Waals surface area contributed by atoms with Crippen molar-refractivity contribution in [2.75, 3.05) is 13.7 Å². The number of ether oxygens (including phenoxy) is 1. The summed E-state index contributed by atoms with van der Waals surface area (Å²) in [5.41, 5.74) is 3.92. The maximum atomic E-state index is 11.7. The molecule has 21 heavy (non-hydrogen) atoms. The Bertz CT molecular complexity index is 581. The van der Waals surface area contributed by atoms with Crippen LogP contribution in [0.5, 0.6) is 5.75 Å². The Morgan fingerprint density at radius 1 is 1.29 bits per heavy atom. The lowest BCUT2D eigenvalue weighted by atomic mass is 10.1. The Kier molecular flexibility index (Phi) is 5.57. The number of nitrogens with one attached hydrogen (secondary N) is 2. The van der Waals surface area contributed by atoms with Crippen LogP contribution < -0.4 is 15.4 Å². The summed E-state index contributed by atoms with van der Waals surface area (Å²) in [6.07, 6.45) is 0.789. The maximum absolute atomic E-state index is 11.7. The predicted molar refractivity (Wildman–Crippen MR) is 83.8 cm³/mol. The first-order valence-corrected chi connectivity index (χ1v) is 7.60. The first kappa shape index (κ1) is 15.3. The van der Waals surface area contributed by atoms with Crippen molar-refractivity contribution in [3.63, 3.8) is 0 Å². The van der Waals surface area contributed by atoms with Crippen molar-refractivity contribution >= 4 is 17.4 Å². The number of aryl methyl sites for hydroxylation is 1. The third-order valence-electron chi connectivity index (χ3n) is 3.11. The highest BCUT2D eigenvalue weighted by atomic mass is 32.1. The van der Waals surface area contributed by atoms with Gasteiger partial charge < -0.3 is 15.4 Å². The molecule has 2 rings (SSSR count). The lowest BCUT2D eigenvalue weighted by molar-refractivity contribution is 0.240. The van der Waals surface area contributed by atoms with E-state index in [1.807, 2.05) is 31.2 Å². The first-order valence-electron chi connectivity index (χ1n) is 6.72. The average molecular weight is 305 g/mol. The summed E-state index contributed by atoms with van der Waals surface area (Å²) in [4.78, 5) is 16.9. The largest absolute Gasteiger partial charge is 0.497 e. The number of carbonyl (C=O) groups is 1. The fraction of sp³-hybridized carbons (Fsp3) is 0.333. The molecular weight excluding hydrogens is 286 g/mol. The van der Waals surface area contributed by atoms with Gasteiger partial charge in [0.1, 0.15) is 5.75 Å². The van der Waals surface area contributed by atoms with Crippen LogP contribution in [0.25, 0.3) is 0 Å². The standard InChI is InChI=1S/C15H19N3O2S/c1-11-14(21-10-18-11)9-17-15(19)16-8-7-12-3-5-13(20-2)6-4-12/h3-6,10H,7-9H2,1-2H3,(H2,16,17,19). The zero-order valence-corrected chi connectivity index (χ0v) is 13.0. The number of nitrogens with zero attached hydrogens (tertiary/aromatic N) is 1. The normalized spacial score (nSPS) is 10.2. The van der Waals surface area contributed by atoms with Gasteiger partial charge in [-0.2, -0.15) is 0 Å². The number of urea groups is 1. The molecule has 1 aromatic heterocycles. The Morgan fingerprint density at radius 3 is 2.67 bits per heavy atom. The fourth-order valence-corrected chi connectivity index (χ4v) is 2.55. The highest BCUT2D eigenvalue weighted by Crippen LogP contribution is 2.12. The van der Waals surface area contributed by atoms with Crippen molar-refractivity contribution in [1.82, 2.24) is 15.6 Å². The number of benzene rings is 1. The van der Waals surface area contributed by atoms with Gasteiger partial charge in [-0.05, 0) is 31.0 Å². The van der Waals surface area contributed by atoms with Crippen LogP contribution in [0.3, 0.4) is 0 Å². The van der Waals surface area contributed by atoms with Gasteiger partial charge >= 0.3 is 6.03 Å². The SMILES string of the molecule is COc1ccc(CCNC(=O)NCc2scnc2C)cc1. The smallest absolute Gasteiger partial charge is 0.315 e. The maximum Gasteiger partial charge on any atom is 0.315 e. The second kappa shape index (κ2) is 7.64. The minimum Gasteiger partial charge on any atom is -0.497 e. The molecule has 0 saturated carbocycles. The molecule has 0 aliphatic carbocycles. The summed E-state index contributed by atoms with van der Waals surface area (Å²) in [5, 5.41) is 5.68. The molecule has 0 fully saturated rings. The molecule has 6 heteroatoms. The molecule has 0 saturated heterocycles. The van der Waals surface area contributed by atoms with Gasteiger partial charge in [0.15, 0.2) is 0 Å². The van der Waals surface area contributed by atoms with E-state index in [2.05, 4.69) is 15.6 Å². The lowest BCUT2D eigenvalue weighted by Gasteiger charge is -2.07. The average Bonchev–Trinajstić information content (AvgIpc) is 2.91. The zero-order chi connectivity index (χ0) is 15.1. The summed E-state index contributed by atoms with van der Waals surface area (Å²) in [7, 11) is 1.64. The van der Waals surface area contributed by atoms with Gasteiger partial charge in [-0.3, -0.25) is 0 Å². The molecule has 112 valence electrons. The minimum atomic E-state index is -0.156. The second-order valence-electron chi connectivity index (χ2n) is 4.57. The molecule has 0 bridgehead atoms. The zero-order valence-electron chi connectivity index (χ0n) is 12.2. The van der Waals surface area contributed by atoms with E-state index in [-0.39, 0.29) is 6.03 Å². The summed E-state index contributed by atoms with van der Waals surface area (Å²) in [6.45, 7) is 3.06. The van der Waals surface area contributed by atoms with Gasteiger partial charge in [0.25, 0.3) is 0 Å². The number of hydrogen-bond donors (Lipinski definition) is 2. The van der Waals surface area contributed by atoms with Crippen LogP contribution in [0, 0.1) is 6.92 Å². The van der Waals surface area contributed by atoms with E-state index in [9.17, 15) is 4.79 Å². The molecule has 0 unspecified atom stereocenters. The van der Waals surface area contributed by atoms with Crippen LogP contribution in [-0.2, 0) is 13.0 Å². The van der Waals surface area contributed by atoms with Crippen LogP contribution in [0.2, 0.25) is 0 Å². The van der Waals surface area contributed by atoms with Crippen molar-refractivity contribution in [3.8, 4) is 5.75 Å². The van der Waals surface area contributed by atoms with E-state index in [1.54, 1.807) is 24.0 Å². The van der Waals surface area contributed by atoms with Crippen molar-refractivity contribution < 1.29 is 9.53 Å². The van der Waals surface area contributed by atoms with E-state index in [4.69, 9.17) is 4.74 Å². The van der Waals surface area contributed by atoms with E-state index in [1.165, 1.54) is 0 Å². The minimum absolute atomic E-state index is 0.156. The molecular formula is C15H19N3O2S. The second-order valence-corrected chi connectivity index (χ2v) is 5.51. The number of rotatable bonds is 6. The van der Waals surface area contributed by atoms with E-state index in [0.29, 0.717) is 13.1 Å². The Morgan fingerprint density at radius 2 is 2.05 bits per heavy atom. The monoisotopic (exact) mass is 305 g/mol. The Balaban J connectivity index is 1.68. The third-order valence-corrected chi connectivity index (χ3v) is 4.05. The highest BCUT2D eigenvalue weighted by Gasteiger charge is 2.04. The molecule has 5 nitrogen and oxygen atoms in total. The van der Waals surface area contributed by atoms with Crippen LogP contribution in [-0.4, -0.2) is 24.7 Å². The third kappa shape index (κ3) is 4.75. The Hall–Kier alpha value is -2.08. The van der Waals surface area contributed by atoms with Gasteiger partial charge in [-0.15, -0.1) is 11.3 Å². The molecule has 1 heterocycles. The van der Waals surface area contributed by atoms with Crippen LogP contribution in [0.1, 0.15) is 16.1 Å². The van der Waals surface area contributed by atoms with Gasteiger partial charge in [-0.1, -0.05) is 12.1 Å². The molecule has 1 aromatic carbocycles. The van der Waals surface area contributed by atoms with Crippen LogP contribution in [0.15, 0.2) is 29.8 Å². The fourth-order valence-electron chi connectivity index (χ4n) is 1.83. The number of thiazole rings is 1. The van der Waals surface area contributed by atoms with Gasteiger partial charge in [-0.25, -0.2) is 9.78 Å². The summed E-state index contributed by atoms with van der Waals surface area (Å²) in [6, 6.07) is 7.68. The van der Waals surface area contributed by atoms with Crippen molar-refractivity contribution in [2.24, 2.45) is 0 Å². The van der Waals surface area contributed by atoms with E-state index >= 15 is 0 Å². The van der Waals surface area contributed by atoms with Gasteiger partial charge in [0, 0.05) is 11.4 Å². The Labute approximate surface area is 128 Å². The number of hydrogen-bond acceptors (Lipinski definition) is 4. The molecule has 2 amide bonds. The van der Waals surface area contributed by atoms with Crippen molar-refractivity contribution in [1.29, 1.82) is 0 Å². The number of carbonyl (C=O) groups excluding carboxylic acids is 1. The summed E-state index contributed by atoms with van der Waals surface area (Å²) < 4.78 is 5.10. The van der Waals surface area contributed by atoms with E-state index in [0.717, 1.165) is 28.3 Å². The molecule has 0 atom stereocenters. The first-order chi connectivity index (χ1) is 10.2. The number of amides is 2. The predicted octanol–water partition coefficient (Wildman–Crippen LogP) is 2.50. The summed E-state index contributed by atoms with van der Waals surface area (Å²) in [5.74, 6) is 0.837.